The molecule has 1 aliphatic rings. The molecule has 2 nitrogen and oxygen atoms in total. The van der Waals surface area contributed by atoms with Gasteiger partial charge >= 0.3 is 0 Å². The Hall–Kier alpha value is -1.28. The monoisotopic (exact) mass is 214 g/mol. The number of benzene rings is 1. The van der Waals surface area contributed by atoms with Gasteiger partial charge in [0.15, 0.2) is 0 Å². The number of piperidine rings is 1. The Balaban J connectivity index is 1.78. The lowest BCUT2D eigenvalue weighted by Crippen LogP contribution is -2.28. The topological polar surface area (TPSA) is 27.8 Å². The van der Waals surface area contributed by atoms with Crippen LogP contribution < -0.4 is 5.32 Å². The van der Waals surface area contributed by atoms with Crippen molar-refractivity contribution in [1.29, 1.82) is 0 Å². The summed E-state index contributed by atoms with van der Waals surface area (Å²) in [5.74, 6) is 0.856. The second-order valence-corrected chi connectivity index (χ2v) is 4.78. The number of nitrogens with one attached hydrogen (secondary N) is 2. The number of aromatic nitrogens is 1. The zero-order valence-corrected chi connectivity index (χ0v) is 9.50. The predicted molar refractivity (Wildman–Crippen MR) is 67.6 cm³/mol. The summed E-state index contributed by atoms with van der Waals surface area (Å²) in [5, 5.41) is 4.76. The van der Waals surface area contributed by atoms with E-state index < -0.39 is 0 Å². The Morgan fingerprint density at radius 3 is 2.75 bits per heavy atom. The van der Waals surface area contributed by atoms with Gasteiger partial charge in [-0.1, -0.05) is 18.2 Å². The van der Waals surface area contributed by atoms with Crippen LogP contribution in [0.25, 0.3) is 10.9 Å². The van der Waals surface area contributed by atoms with Gasteiger partial charge in [-0.2, -0.15) is 0 Å². The van der Waals surface area contributed by atoms with Gasteiger partial charge in [0, 0.05) is 11.2 Å². The van der Waals surface area contributed by atoms with Gasteiger partial charge in [0.05, 0.1) is 0 Å². The molecule has 16 heavy (non-hydrogen) atoms. The minimum Gasteiger partial charge on any atom is -0.358 e. The molecule has 2 heteroatoms. The summed E-state index contributed by atoms with van der Waals surface area (Å²) in [4.78, 5) is 3.52. The Morgan fingerprint density at radius 1 is 1.12 bits per heavy atom. The van der Waals surface area contributed by atoms with Crippen molar-refractivity contribution >= 4 is 10.9 Å². The second-order valence-electron chi connectivity index (χ2n) is 4.78. The van der Waals surface area contributed by atoms with E-state index in [9.17, 15) is 0 Å². The molecule has 2 aromatic rings. The molecule has 0 radical (unpaired) electrons. The fourth-order valence-electron chi connectivity index (χ4n) is 2.64. The van der Waals surface area contributed by atoms with Crippen molar-refractivity contribution in [2.24, 2.45) is 5.92 Å². The Labute approximate surface area is 96.1 Å². The van der Waals surface area contributed by atoms with Crippen LogP contribution in [-0.2, 0) is 6.42 Å². The number of hydrogen-bond donors (Lipinski definition) is 2. The first kappa shape index (κ1) is 9.91. The number of hydrogen-bond acceptors (Lipinski definition) is 1. The third-order valence-electron chi connectivity index (χ3n) is 3.55. The minimum absolute atomic E-state index is 0.856. The van der Waals surface area contributed by atoms with Crippen molar-refractivity contribution in [1.82, 2.24) is 10.3 Å². The summed E-state index contributed by atoms with van der Waals surface area (Å²) in [7, 11) is 0. The largest absolute Gasteiger partial charge is 0.358 e. The molecule has 84 valence electrons. The van der Waals surface area contributed by atoms with Crippen LogP contribution in [0, 0.1) is 5.92 Å². The maximum absolute atomic E-state index is 3.52. The van der Waals surface area contributed by atoms with E-state index in [4.69, 9.17) is 0 Å². The van der Waals surface area contributed by atoms with Crippen LogP contribution in [0.5, 0.6) is 0 Å². The quantitative estimate of drug-likeness (QED) is 0.790. The molecule has 1 aromatic carbocycles. The van der Waals surface area contributed by atoms with Gasteiger partial charge in [0.25, 0.3) is 0 Å². The van der Waals surface area contributed by atoms with Gasteiger partial charge in [0.2, 0.25) is 0 Å². The van der Waals surface area contributed by atoms with Crippen LogP contribution in [0.2, 0.25) is 0 Å². The van der Waals surface area contributed by atoms with Crippen LogP contribution in [0.3, 0.4) is 0 Å². The van der Waals surface area contributed by atoms with E-state index in [1.54, 1.807) is 0 Å². The summed E-state index contributed by atoms with van der Waals surface area (Å²) in [6, 6.07) is 10.8. The van der Waals surface area contributed by atoms with Crippen molar-refractivity contribution in [2.45, 2.75) is 19.3 Å². The van der Waals surface area contributed by atoms with Crippen LogP contribution >= 0.6 is 0 Å². The Morgan fingerprint density at radius 2 is 1.94 bits per heavy atom. The Kier molecular flexibility index (Phi) is 2.66. The van der Waals surface area contributed by atoms with Crippen LogP contribution in [0.15, 0.2) is 30.3 Å². The highest BCUT2D eigenvalue weighted by Gasteiger charge is 2.14. The van der Waals surface area contributed by atoms with Crippen molar-refractivity contribution in [3.63, 3.8) is 0 Å². The molecule has 0 amide bonds. The van der Waals surface area contributed by atoms with E-state index in [1.807, 2.05) is 0 Å². The average Bonchev–Trinajstić information content (AvgIpc) is 2.72. The van der Waals surface area contributed by atoms with Gasteiger partial charge < -0.3 is 10.3 Å². The summed E-state index contributed by atoms with van der Waals surface area (Å²) in [5.41, 5.74) is 2.67. The van der Waals surface area contributed by atoms with E-state index in [1.165, 1.54) is 48.9 Å². The standard InChI is InChI=1S/C14H18N2/c1-2-4-14-12(3-1)10-13(16-14)9-11-5-7-15-8-6-11/h1-4,10-11,15-16H,5-9H2. The number of para-hydroxylation sites is 1. The van der Waals surface area contributed by atoms with Gasteiger partial charge in [-0.3, -0.25) is 0 Å². The Bertz CT molecular complexity index is 433. The number of rotatable bonds is 2. The van der Waals surface area contributed by atoms with Gasteiger partial charge in [-0.05, 0) is 55.8 Å². The molecule has 0 spiro atoms. The van der Waals surface area contributed by atoms with Crippen LogP contribution in [0.4, 0.5) is 0 Å². The van der Waals surface area contributed by atoms with Crippen molar-refractivity contribution < 1.29 is 0 Å². The van der Waals surface area contributed by atoms with E-state index in [2.05, 4.69) is 40.6 Å². The molecule has 0 saturated carbocycles. The van der Waals surface area contributed by atoms with Crippen LogP contribution in [-0.4, -0.2) is 18.1 Å². The summed E-state index contributed by atoms with van der Waals surface area (Å²) in [6.07, 6.45) is 3.83. The molecule has 0 aliphatic carbocycles. The van der Waals surface area contributed by atoms with Gasteiger partial charge in [-0.15, -0.1) is 0 Å². The molecule has 2 N–H and O–H groups in total. The summed E-state index contributed by atoms with van der Waals surface area (Å²) >= 11 is 0. The fraction of sp³-hybridized carbons (Fsp3) is 0.429. The van der Waals surface area contributed by atoms with Crippen molar-refractivity contribution in [3.05, 3.63) is 36.0 Å². The smallest absolute Gasteiger partial charge is 0.0456 e. The number of fused-ring (bicyclic) bond motifs is 1. The summed E-state index contributed by atoms with van der Waals surface area (Å²) in [6.45, 7) is 2.37. The van der Waals surface area contributed by atoms with E-state index >= 15 is 0 Å². The first-order valence-electron chi connectivity index (χ1n) is 6.19. The molecule has 2 heterocycles. The molecule has 0 atom stereocenters. The lowest BCUT2D eigenvalue weighted by molar-refractivity contribution is 0.371. The number of H-pyrrole nitrogens is 1. The minimum atomic E-state index is 0.856. The zero-order chi connectivity index (χ0) is 10.8. The lowest BCUT2D eigenvalue weighted by Gasteiger charge is -2.21. The maximum atomic E-state index is 3.52. The van der Waals surface area contributed by atoms with E-state index in [0.29, 0.717) is 0 Å². The predicted octanol–water partition coefficient (Wildman–Crippen LogP) is 2.71. The first-order valence-corrected chi connectivity index (χ1v) is 6.19. The lowest BCUT2D eigenvalue weighted by atomic mass is 9.93. The summed E-state index contributed by atoms with van der Waals surface area (Å²) < 4.78 is 0. The SMILES string of the molecule is c1ccc2[nH]c(CC3CCNCC3)cc2c1. The normalized spacial score (nSPS) is 18.0. The van der Waals surface area contributed by atoms with E-state index in [-0.39, 0.29) is 0 Å². The molecule has 1 saturated heterocycles. The highest BCUT2D eigenvalue weighted by Crippen LogP contribution is 2.21. The zero-order valence-electron chi connectivity index (χ0n) is 9.50. The molecule has 1 fully saturated rings. The molecule has 1 aromatic heterocycles. The molecule has 1 aliphatic heterocycles. The molecule has 0 unspecified atom stereocenters. The third-order valence-corrected chi connectivity index (χ3v) is 3.55. The average molecular weight is 214 g/mol. The second kappa shape index (κ2) is 4.30. The van der Waals surface area contributed by atoms with Gasteiger partial charge in [0.1, 0.15) is 0 Å². The highest BCUT2D eigenvalue weighted by molar-refractivity contribution is 5.80. The highest BCUT2D eigenvalue weighted by atomic mass is 14.9. The molecular weight excluding hydrogens is 196 g/mol. The first-order chi connectivity index (χ1) is 7.92. The molecular formula is C14H18N2. The molecule has 0 bridgehead atoms. The maximum Gasteiger partial charge on any atom is 0.0456 e. The van der Waals surface area contributed by atoms with Crippen molar-refractivity contribution in [2.75, 3.05) is 13.1 Å². The fourth-order valence-corrected chi connectivity index (χ4v) is 2.64. The number of aromatic amines is 1. The van der Waals surface area contributed by atoms with Gasteiger partial charge in [-0.25, -0.2) is 0 Å². The van der Waals surface area contributed by atoms with E-state index in [0.717, 1.165) is 5.92 Å². The third kappa shape index (κ3) is 1.98. The molecule has 3 rings (SSSR count). The van der Waals surface area contributed by atoms with Crippen molar-refractivity contribution in [3.8, 4) is 0 Å². The van der Waals surface area contributed by atoms with Crippen LogP contribution in [0.1, 0.15) is 18.5 Å².